The standard InChI is InChI=1S/C24H32ClN3O4/c1-6-32-14-13-27(15-17(2)24(30)31-5)23(29)12-11-21-18(3)26-28(19(21)4)16-20-9-7-8-10-22(20)25/h7-12,17H,6,13-16H2,1-5H3/b12-11+. The van der Waals surface area contributed by atoms with Gasteiger partial charge in [-0.1, -0.05) is 36.7 Å². The molecule has 0 saturated heterocycles. The van der Waals surface area contributed by atoms with Gasteiger partial charge in [0.15, 0.2) is 0 Å². The van der Waals surface area contributed by atoms with Crippen molar-refractivity contribution in [2.24, 2.45) is 5.92 Å². The van der Waals surface area contributed by atoms with Crippen LogP contribution in [0.5, 0.6) is 0 Å². The number of halogens is 1. The lowest BCUT2D eigenvalue weighted by molar-refractivity contribution is -0.146. The monoisotopic (exact) mass is 461 g/mol. The zero-order valence-electron chi connectivity index (χ0n) is 19.4. The highest BCUT2D eigenvalue weighted by Gasteiger charge is 2.20. The average molecular weight is 462 g/mol. The number of methoxy groups -OCH3 is 1. The van der Waals surface area contributed by atoms with Crippen LogP contribution in [0, 0.1) is 19.8 Å². The predicted molar refractivity (Wildman–Crippen MR) is 126 cm³/mol. The van der Waals surface area contributed by atoms with Crippen LogP contribution in [0.1, 0.15) is 36.4 Å². The fourth-order valence-electron chi connectivity index (χ4n) is 3.37. The van der Waals surface area contributed by atoms with Crippen LogP contribution in [0.25, 0.3) is 6.08 Å². The van der Waals surface area contributed by atoms with Gasteiger partial charge in [-0.15, -0.1) is 0 Å². The molecule has 2 rings (SSSR count). The first kappa shape index (κ1) is 25.6. The number of nitrogens with zero attached hydrogens (tertiary/aromatic N) is 3. The first-order chi connectivity index (χ1) is 15.3. The molecule has 0 fully saturated rings. The number of aryl methyl sites for hydroxylation is 1. The molecule has 1 amide bonds. The van der Waals surface area contributed by atoms with Crippen molar-refractivity contribution in [2.45, 2.75) is 34.2 Å². The maximum Gasteiger partial charge on any atom is 0.310 e. The van der Waals surface area contributed by atoms with Gasteiger partial charge in [0, 0.05) is 42.1 Å². The Morgan fingerprint density at radius 1 is 1.28 bits per heavy atom. The van der Waals surface area contributed by atoms with Gasteiger partial charge in [-0.05, 0) is 38.5 Å². The number of rotatable bonds is 11. The quantitative estimate of drug-likeness (QED) is 0.288. The minimum Gasteiger partial charge on any atom is -0.469 e. The summed E-state index contributed by atoms with van der Waals surface area (Å²) in [6.07, 6.45) is 3.30. The van der Waals surface area contributed by atoms with Gasteiger partial charge in [0.25, 0.3) is 0 Å². The minimum atomic E-state index is -0.430. The number of esters is 1. The van der Waals surface area contributed by atoms with Gasteiger partial charge in [0.05, 0.1) is 31.9 Å². The first-order valence-electron chi connectivity index (χ1n) is 10.7. The highest BCUT2D eigenvalue weighted by molar-refractivity contribution is 6.31. The summed E-state index contributed by atoms with van der Waals surface area (Å²) in [6.45, 7) is 9.67. The van der Waals surface area contributed by atoms with Crippen LogP contribution in [0.4, 0.5) is 0 Å². The van der Waals surface area contributed by atoms with E-state index in [0.717, 1.165) is 22.5 Å². The second-order valence-electron chi connectivity index (χ2n) is 7.57. The fraction of sp³-hybridized carbons (Fsp3) is 0.458. The van der Waals surface area contributed by atoms with Crippen molar-refractivity contribution in [3.05, 3.63) is 57.9 Å². The molecule has 0 N–H and O–H groups in total. The molecule has 1 atom stereocenters. The highest BCUT2D eigenvalue weighted by atomic mass is 35.5. The Morgan fingerprint density at radius 2 is 2.00 bits per heavy atom. The van der Waals surface area contributed by atoms with Crippen molar-refractivity contribution in [1.82, 2.24) is 14.7 Å². The first-order valence-corrected chi connectivity index (χ1v) is 11.1. The fourth-order valence-corrected chi connectivity index (χ4v) is 3.57. The lowest BCUT2D eigenvalue weighted by Gasteiger charge is -2.23. The Balaban J connectivity index is 2.17. The summed E-state index contributed by atoms with van der Waals surface area (Å²) in [7, 11) is 1.34. The van der Waals surface area contributed by atoms with Gasteiger partial charge in [0.1, 0.15) is 0 Å². The van der Waals surface area contributed by atoms with E-state index in [1.807, 2.05) is 49.7 Å². The van der Waals surface area contributed by atoms with E-state index in [4.69, 9.17) is 21.1 Å². The predicted octanol–water partition coefficient (Wildman–Crippen LogP) is 3.89. The third kappa shape index (κ3) is 6.93. The number of ether oxygens (including phenoxy) is 2. The lowest BCUT2D eigenvalue weighted by atomic mass is 10.1. The molecule has 32 heavy (non-hydrogen) atoms. The van der Waals surface area contributed by atoms with Gasteiger partial charge >= 0.3 is 5.97 Å². The van der Waals surface area contributed by atoms with E-state index in [9.17, 15) is 9.59 Å². The van der Waals surface area contributed by atoms with Gasteiger partial charge in [0.2, 0.25) is 5.91 Å². The Kier molecular flexibility index (Phi) is 9.94. The van der Waals surface area contributed by atoms with Crippen molar-refractivity contribution in [2.75, 3.05) is 33.4 Å². The van der Waals surface area contributed by atoms with Gasteiger partial charge in [-0.3, -0.25) is 14.3 Å². The molecule has 1 aromatic carbocycles. The van der Waals surface area contributed by atoms with E-state index in [1.165, 1.54) is 13.2 Å². The zero-order valence-corrected chi connectivity index (χ0v) is 20.2. The van der Waals surface area contributed by atoms with E-state index in [2.05, 4.69) is 5.10 Å². The molecule has 0 aliphatic heterocycles. The average Bonchev–Trinajstić information content (AvgIpc) is 3.04. The van der Waals surface area contributed by atoms with Crippen molar-refractivity contribution in [3.63, 3.8) is 0 Å². The molecular weight excluding hydrogens is 430 g/mol. The zero-order chi connectivity index (χ0) is 23.7. The molecule has 0 spiro atoms. The SMILES string of the molecule is CCOCCN(CC(C)C(=O)OC)C(=O)/C=C/c1c(C)nn(Cc2ccccc2Cl)c1C. The molecule has 2 aromatic rings. The lowest BCUT2D eigenvalue weighted by Crippen LogP contribution is -2.38. The molecule has 174 valence electrons. The molecule has 0 bridgehead atoms. The molecule has 0 saturated carbocycles. The number of aromatic nitrogens is 2. The van der Waals surface area contributed by atoms with Crippen LogP contribution >= 0.6 is 11.6 Å². The van der Waals surface area contributed by atoms with E-state index in [-0.39, 0.29) is 18.4 Å². The molecule has 8 heteroatoms. The molecule has 0 aliphatic carbocycles. The molecule has 0 aliphatic rings. The van der Waals surface area contributed by atoms with Crippen molar-refractivity contribution >= 4 is 29.6 Å². The number of hydrogen-bond donors (Lipinski definition) is 0. The summed E-state index contributed by atoms with van der Waals surface area (Å²) in [4.78, 5) is 26.3. The van der Waals surface area contributed by atoms with Crippen LogP contribution in [0.15, 0.2) is 30.3 Å². The third-order valence-electron chi connectivity index (χ3n) is 5.23. The van der Waals surface area contributed by atoms with Gasteiger partial charge in [-0.2, -0.15) is 5.10 Å². The Bertz CT molecular complexity index is 955. The number of benzene rings is 1. The number of amides is 1. The Labute approximate surface area is 194 Å². The third-order valence-corrected chi connectivity index (χ3v) is 5.60. The van der Waals surface area contributed by atoms with Crippen LogP contribution in [0.3, 0.4) is 0 Å². The Hall–Kier alpha value is -2.64. The highest BCUT2D eigenvalue weighted by Crippen LogP contribution is 2.20. The van der Waals surface area contributed by atoms with Gasteiger partial charge in [-0.25, -0.2) is 0 Å². The maximum atomic E-state index is 12.9. The van der Waals surface area contributed by atoms with Crippen LogP contribution in [0.2, 0.25) is 5.02 Å². The summed E-state index contributed by atoms with van der Waals surface area (Å²) in [5, 5.41) is 5.31. The molecule has 1 aromatic heterocycles. The minimum absolute atomic E-state index is 0.196. The molecule has 1 unspecified atom stereocenters. The second kappa shape index (κ2) is 12.4. The summed E-state index contributed by atoms with van der Waals surface area (Å²) in [5.74, 6) is -0.977. The maximum absolute atomic E-state index is 12.9. The van der Waals surface area contributed by atoms with Crippen LogP contribution in [-0.4, -0.2) is 60.0 Å². The van der Waals surface area contributed by atoms with Crippen LogP contribution in [-0.2, 0) is 25.6 Å². The molecule has 0 radical (unpaired) electrons. The van der Waals surface area contributed by atoms with E-state index in [1.54, 1.807) is 17.9 Å². The Morgan fingerprint density at radius 3 is 2.66 bits per heavy atom. The van der Waals surface area contributed by atoms with Gasteiger partial charge < -0.3 is 14.4 Å². The summed E-state index contributed by atoms with van der Waals surface area (Å²) >= 11 is 6.29. The van der Waals surface area contributed by atoms with Crippen molar-refractivity contribution in [1.29, 1.82) is 0 Å². The molecule has 7 nitrogen and oxygen atoms in total. The smallest absolute Gasteiger partial charge is 0.310 e. The number of carbonyl (C=O) groups is 2. The van der Waals surface area contributed by atoms with Crippen molar-refractivity contribution < 1.29 is 19.1 Å². The topological polar surface area (TPSA) is 73.7 Å². The van der Waals surface area contributed by atoms with Crippen molar-refractivity contribution in [3.8, 4) is 0 Å². The largest absolute Gasteiger partial charge is 0.469 e. The number of hydrogen-bond acceptors (Lipinski definition) is 5. The normalized spacial score (nSPS) is 12.2. The van der Waals surface area contributed by atoms with Crippen LogP contribution < -0.4 is 0 Å². The van der Waals surface area contributed by atoms with E-state index in [0.29, 0.717) is 31.3 Å². The summed E-state index contributed by atoms with van der Waals surface area (Å²) in [5.41, 5.74) is 3.62. The van der Waals surface area contributed by atoms with E-state index < -0.39 is 5.92 Å². The molecule has 1 heterocycles. The second-order valence-corrected chi connectivity index (χ2v) is 7.98. The summed E-state index contributed by atoms with van der Waals surface area (Å²) < 4.78 is 12.1. The molecular formula is C24H32ClN3O4. The number of carbonyl (C=O) groups excluding carboxylic acids is 2. The summed E-state index contributed by atoms with van der Waals surface area (Å²) in [6, 6.07) is 7.66. The van der Waals surface area contributed by atoms with E-state index >= 15 is 0 Å².